The molecule has 0 unspecified atom stereocenters. The van der Waals surface area contributed by atoms with Crippen LogP contribution in [0.15, 0.2) is 16.6 Å². The van der Waals surface area contributed by atoms with E-state index in [4.69, 9.17) is 10.5 Å². The number of carbonyl (C=O) groups excluding carboxylic acids is 1. The summed E-state index contributed by atoms with van der Waals surface area (Å²) in [7, 11) is 1.56. The highest BCUT2D eigenvalue weighted by Crippen LogP contribution is 2.24. The molecule has 0 saturated heterocycles. The second-order valence-corrected chi connectivity index (χ2v) is 5.01. The normalized spacial score (nSPS) is 10.9. The summed E-state index contributed by atoms with van der Waals surface area (Å²) in [4.78, 5) is 15.8. The zero-order valence-electron chi connectivity index (χ0n) is 10.8. The molecule has 1 aromatic carbocycles. The van der Waals surface area contributed by atoms with Crippen molar-refractivity contribution in [3.05, 3.63) is 22.4 Å². The Bertz CT molecular complexity index is 644. The number of hydrogen-bond donors (Lipinski definition) is 2. The number of imidazole rings is 1. The van der Waals surface area contributed by atoms with Crippen molar-refractivity contribution in [1.29, 1.82) is 0 Å². The molecule has 8 heteroatoms. The van der Waals surface area contributed by atoms with E-state index in [2.05, 4.69) is 26.2 Å². The zero-order chi connectivity index (χ0) is 14.7. The highest BCUT2D eigenvalue weighted by atomic mass is 79.9. The molecule has 20 heavy (non-hydrogen) atoms. The van der Waals surface area contributed by atoms with Crippen LogP contribution in [0, 0.1) is 5.82 Å². The van der Waals surface area contributed by atoms with E-state index in [0.29, 0.717) is 28.7 Å². The molecule has 1 aromatic heterocycles. The van der Waals surface area contributed by atoms with Crippen LogP contribution in [-0.4, -0.2) is 35.7 Å². The molecule has 0 spiro atoms. The second-order valence-electron chi connectivity index (χ2n) is 4.15. The topological polar surface area (TPSA) is 82.2 Å². The van der Waals surface area contributed by atoms with Crippen molar-refractivity contribution in [2.75, 3.05) is 26.0 Å². The van der Waals surface area contributed by atoms with E-state index < -0.39 is 5.82 Å². The Labute approximate surface area is 123 Å². The lowest BCUT2D eigenvalue weighted by molar-refractivity contribution is -0.121. The molecule has 0 radical (unpaired) electrons. The molecule has 0 aliphatic heterocycles. The van der Waals surface area contributed by atoms with Crippen LogP contribution < -0.4 is 11.1 Å². The number of nitrogens with zero attached hydrogens (tertiary/aromatic N) is 2. The molecule has 0 saturated carbocycles. The van der Waals surface area contributed by atoms with E-state index in [9.17, 15) is 9.18 Å². The van der Waals surface area contributed by atoms with Gasteiger partial charge in [0.05, 0.1) is 22.1 Å². The third kappa shape index (κ3) is 3.07. The predicted molar refractivity (Wildman–Crippen MR) is 76.7 cm³/mol. The monoisotopic (exact) mass is 344 g/mol. The molecule has 6 nitrogen and oxygen atoms in total. The Morgan fingerprint density at radius 1 is 1.60 bits per heavy atom. The molecule has 0 atom stereocenters. The fraction of sp³-hybridized carbons (Fsp3) is 0.333. The van der Waals surface area contributed by atoms with Crippen molar-refractivity contribution in [2.24, 2.45) is 0 Å². The number of rotatable bonds is 5. The second kappa shape index (κ2) is 6.19. The minimum Gasteiger partial charge on any atom is -0.383 e. The molecule has 1 amide bonds. The number of amides is 1. The van der Waals surface area contributed by atoms with Gasteiger partial charge in [0.25, 0.3) is 0 Å². The minimum absolute atomic E-state index is 0.0180. The fourth-order valence-corrected chi connectivity index (χ4v) is 2.13. The number of ether oxygens (including phenoxy) is 1. The van der Waals surface area contributed by atoms with Crippen LogP contribution in [-0.2, 0) is 16.1 Å². The van der Waals surface area contributed by atoms with E-state index in [1.807, 2.05) is 0 Å². The lowest BCUT2D eigenvalue weighted by Crippen LogP contribution is -2.30. The molecular weight excluding hydrogens is 331 g/mol. The summed E-state index contributed by atoms with van der Waals surface area (Å²) in [5, 5.41) is 2.69. The van der Waals surface area contributed by atoms with Crippen LogP contribution in [0.1, 0.15) is 0 Å². The zero-order valence-corrected chi connectivity index (χ0v) is 12.4. The van der Waals surface area contributed by atoms with Crippen molar-refractivity contribution in [3.8, 4) is 0 Å². The average molecular weight is 345 g/mol. The number of aromatic nitrogens is 2. The Morgan fingerprint density at radius 2 is 2.35 bits per heavy atom. The molecule has 2 aromatic rings. The average Bonchev–Trinajstić information content (AvgIpc) is 2.67. The van der Waals surface area contributed by atoms with Crippen LogP contribution in [0.3, 0.4) is 0 Å². The molecule has 2 rings (SSSR count). The van der Waals surface area contributed by atoms with E-state index in [1.54, 1.807) is 13.2 Å². The van der Waals surface area contributed by atoms with Gasteiger partial charge < -0.3 is 20.4 Å². The van der Waals surface area contributed by atoms with Gasteiger partial charge in [0.15, 0.2) is 0 Å². The first kappa shape index (κ1) is 14.7. The first-order valence-corrected chi connectivity index (χ1v) is 6.68. The number of nitrogens with one attached hydrogen (secondary N) is 1. The highest BCUT2D eigenvalue weighted by molar-refractivity contribution is 9.10. The van der Waals surface area contributed by atoms with Crippen LogP contribution in [0.25, 0.3) is 11.0 Å². The lowest BCUT2D eigenvalue weighted by Gasteiger charge is -2.08. The Hall–Kier alpha value is -1.67. The number of nitrogens with two attached hydrogens (primary N) is 1. The summed E-state index contributed by atoms with van der Waals surface area (Å²) in [5.74, 6) is -0.473. The van der Waals surface area contributed by atoms with E-state index >= 15 is 0 Å². The van der Waals surface area contributed by atoms with Gasteiger partial charge in [-0.3, -0.25) is 4.79 Å². The van der Waals surface area contributed by atoms with Gasteiger partial charge in [-0.15, -0.1) is 0 Å². The summed E-state index contributed by atoms with van der Waals surface area (Å²) in [6.07, 6.45) is 0. The third-order valence-electron chi connectivity index (χ3n) is 2.75. The molecule has 108 valence electrons. The molecule has 0 aliphatic carbocycles. The van der Waals surface area contributed by atoms with Crippen LogP contribution in [0.2, 0.25) is 0 Å². The summed E-state index contributed by atoms with van der Waals surface area (Å²) in [6.45, 7) is 0.868. The Morgan fingerprint density at radius 3 is 3.05 bits per heavy atom. The summed E-state index contributed by atoms with van der Waals surface area (Å²) in [6, 6.07) is 2.82. The predicted octanol–water partition coefficient (Wildman–Crippen LogP) is 1.28. The van der Waals surface area contributed by atoms with Gasteiger partial charge in [-0.1, -0.05) is 0 Å². The number of hydrogen-bond acceptors (Lipinski definition) is 4. The van der Waals surface area contributed by atoms with Gasteiger partial charge in [0.1, 0.15) is 12.4 Å². The van der Waals surface area contributed by atoms with Crippen LogP contribution in [0.5, 0.6) is 0 Å². The SMILES string of the molecule is COCCNC(=O)Cn1c(N)nc2cc(F)c(Br)cc21. The minimum atomic E-state index is -0.424. The number of anilines is 1. The maximum absolute atomic E-state index is 13.4. The summed E-state index contributed by atoms with van der Waals surface area (Å²) < 4.78 is 20.1. The van der Waals surface area contributed by atoms with Crippen molar-refractivity contribution >= 4 is 38.8 Å². The van der Waals surface area contributed by atoms with Crippen molar-refractivity contribution in [2.45, 2.75) is 6.54 Å². The number of benzene rings is 1. The van der Waals surface area contributed by atoms with Crippen molar-refractivity contribution < 1.29 is 13.9 Å². The van der Waals surface area contributed by atoms with Gasteiger partial charge >= 0.3 is 0 Å². The maximum Gasteiger partial charge on any atom is 0.240 e. The number of methoxy groups -OCH3 is 1. The lowest BCUT2D eigenvalue weighted by atomic mass is 10.3. The van der Waals surface area contributed by atoms with E-state index in [-0.39, 0.29) is 18.4 Å². The quantitative estimate of drug-likeness (QED) is 0.800. The number of fused-ring (bicyclic) bond motifs is 1. The summed E-state index contributed by atoms with van der Waals surface area (Å²) in [5.41, 5.74) is 6.77. The first-order chi connectivity index (χ1) is 9.52. The molecule has 0 fully saturated rings. The Balaban J connectivity index is 2.23. The van der Waals surface area contributed by atoms with Crippen LogP contribution >= 0.6 is 15.9 Å². The van der Waals surface area contributed by atoms with Crippen molar-refractivity contribution in [3.63, 3.8) is 0 Å². The van der Waals surface area contributed by atoms with Gasteiger partial charge in [-0.25, -0.2) is 9.37 Å². The number of halogens is 2. The van der Waals surface area contributed by atoms with Gasteiger partial charge in [0, 0.05) is 19.7 Å². The van der Waals surface area contributed by atoms with E-state index in [1.165, 1.54) is 10.6 Å². The smallest absolute Gasteiger partial charge is 0.240 e. The third-order valence-corrected chi connectivity index (χ3v) is 3.36. The van der Waals surface area contributed by atoms with Gasteiger partial charge in [0.2, 0.25) is 11.9 Å². The van der Waals surface area contributed by atoms with Gasteiger partial charge in [-0.2, -0.15) is 0 Å². The van der Waals surface area contributed by atoms with Crippen molar-refractivity contribution in [1.82, 2.24) is 14.9 Å². The molecule has 0 aliphatic rings. The maximum atomic E-state index is 13.4. The Kier molecular flexibility index (Phi) is 4.56. The standard InChI is InChI=1S/C12H14BrFN4O2/c1-20-3-2-16-11(19)6-18-10-4-7(13)8(14)5-9(10)17-12(18)15/h4-5H,2-3,6H2,1H3,(H2,15,17)(H,16,19). The summed E-state index contributed by atoms with van der Waals surface area (Å²) >= 11 is 3.10. The van der Waals surface area contributed by atoms with E-state index in [0.717, 1.165) is 0 Å². The fourth-order valence-electron chi connectivity index (χ4n) is 1.80. The highest BCUT2D eigenvalue weighted by Gasteiger charge is 2.13. The first-order valence-electron chi connectivity index (χ1n) is 5.89. The number of nitrogen functional groups attached to an aromatic ring is 1. The largest absolute Gasteiger partial charge is 0.383 e. The van der Waals surface area contributed by atoms with Crippen LogP contribution in [0.4, 0.5) is 10.3 Å². The molecule has 1 heterocycles. The molecular formula is C12H14BrFN4O2. The molecule has 0 bridgehead atoms. The molecule has 3 N–H and O–H groups in total. The number of carbonyl (C=O) groups is 1. The van der Waals surface area contributed by atoms with Gasteiger partial charge in [-0.05, 0) is 22.0 Å².